The van der Waals surface area contributed by atoms with Crippen LogP contribution in [-0.2, 0) is 6.42 Å². The number of aryl methyl sites for hydroxylation is 1. The van der Waals surface area contributed by atoms with Gasteiger partial charge in [-0.3, -0.25) is 15.3 Å². The fourth-order valence-corrected chi connectivity index (χ4v) is 2.44. The summed E-state index contributed by atoms with van der Waals surface area (Å²) in [5, 5.41) is 11.9. The molecule has 0 saturated heterocycles. The van der Waals surface area contributed by atoms with Crippen LogP contribution in [0.1, 0.15) is 32.9 Å². The summed E-state index contributed by atoms with van der Waals surface area (Å²) in [7, 11) is 0. The molecule has 0 amide bonds. The first-order valence-electron chi connectivity index (χ1n) is 6.74. The fraction of sp³-hybridized carbons (Fsp3) is 0.500. The number of aromatic nitrogens is 1. The molecule has 1 aromatic heterocycles. The van der Waals surface area contributed by atoms with Crippen molar-refractivity contribution in [3.63, 3.8) is 0 Å². The fourth-order valence-electron chi connectivity index (χ4n) is 1.73. The highest BCUT2D eigenvalue weighted by Gasteiger charge is 2.18. The van der Waals surface area contributed by atoms with Crippen LogP contribution in [0, 0.1) is 5.41 Å². The molecular formula is C14H22ClN5S. The number of halogens is 1. The molecule has 0 radical (unpaired) electrons. The van der Waals surface area contributed by atoms with Gasteiger partial charge < -0.3 is 11.1 Å². The van der Waals surface area contributed by atoms with E-state index in [1.165, 1.54) is 0 Å². The maximum absolute atomic E-state index is 7.65. The quantitative estimate of drug-likeness (QED) is 0.450. The van der Waals surface area contributed by atoms with Crippen LogP contribution in [-0.4, -0.2) is 33.0 Å². The number of nitrogens with two attached hydrogens (primary N) is 1. The summed E-state index contributed by atoms with van der Waals surface area (Å²) < 4.78 is 0. The first kappa shape index (κ1) is 17.7. The molecule has 0 saturated carbocycles. The van der Waals surface area contributed by atoms with Crippen molar-refractivity contribution in [2.24, 2.45) is 5.73 Å². The molecule has 0 aromatic carbocycles. The third-order valence-corrected chi connectivity index (χ3v) is 3.31. The van der Waals surface area contributed by atoms with Crippen molar-refractivity contribution in [2.75, 3.05) is 6.54 Å². The van der Waals surface area contributed by atoms with Crippen molar-refractivity contribution >= 4 is 34.9 Å². The molecule has 7 heteroatoms. The van der Waals surface area contributed by atoms with Gasteiger partial charge in [-0.15, -0.1) is 0 Å². The van der Waals surface area contributed by atoms with E-state index < -0.39 is 0 Å². The number of hydrogen-bond donors (Lipinski definition) is 3. The molecule has 0 aliphatic carbocycles. The molecule has 4 N–H and O–H groups in total. The molecule has 0 fully saturated rings. The van der Waals surface area contributed by atoms with Gasteiger partial charge in [-0.05, 0) is 58.0 Å². The topological polar surface area (TPSA) is 78.0 Å². The van der Waals surface area contributed by atoms with E-state index >= 15 is 0 Å². The molecule has 1 rings (SSSR count). The van der Waals surface area contributed by atoms with Gasteiger partial charge in [0.05, 0.1) is 10.7 Å². The van der Waals surface area contributed by atoms with Crippen molar-refractivity contribution in [2.45, 2.75) is 39.2 Å². The lowest BCUT2D eigenvalue weighted by Crippen LogP contribution is -2.52. The highest BCUT2D eigenvalue weighted by molar-refractivity contribution is 7.80. The zero-order valence-corrected chi connectivity index (χ0v) is 14.2. The minimum Gasteiger partial charge on any atom is -0.370 e. The van der Waals surface area contributed by atoms with E-state index in [4.69, 9.17) is 35.0 Å². The van der Waals surface area contributed by atoms with E-state index in [0.29, 0.717) is 23.1 Å². The first-order valence-corrected chi connectivity index (χ1v) is 7.52. The summed E-state index contributed by atoms with van der Waals surface area (Å²) in [5.41, 5.74) is 6.28. The average molecular weight is 328 g/mol. The van der Waals surface area contributed by atoms with Gasteiger partial charge in [-0.2, -0.15) is 0 Å². The zero-order chi connectivity index (χ0) is 16.0. The van der Waals surface area contributed by atoms with E-state index in [2.05, 4.69) is 10.3 Å². The highest BCUT2D eigenvalue weighted by Crippen LogP contribution is 2.14. The van der Waals surface area contributed by atoms with Crippen LogP contribution >= 0.6 is 23.8 Å². The van der Waals surface area contributed by atoms with E-state index in [-0.39, 0.29) is 11.5 Å². The van der Waals surface area contributed by atoms with E-state index in [1.807, 2.05) is 26.8 Å². The van der Waals surface area contributed by atoms with Crippen molar-refractivity contribution in [3.8, 4) is 0 Å². The van der Waals surface area contributed by atoms with Gasteiger partial charge in [0.15, 0.2) is 11.1 Å². The standard InChI is InChI=1S/C14H22ClN5S/c1-14(2,3)19-13(21)20(12(16)17)9-5-7-11-10(15)6-4-8-18-11/h4,6,8H,5,7,9H2,1-3H3,(H3,16,17)(H,19,21). The Morgan fingerprint density at radius 3 is 2.71 bits per heavy atom. The maximum atomic E-state index is 7.65. The third-order valence-electron chi connectivity index (χ3n) is 2.65. The van der Waals surface area contributed by atoms with Gasteiger partial charge >= 0.3 is 0 Å². The Labute approximate surface area is 136 Å². The summed E-state index contributed by atoms with van der Waals surface area (Å²) in [6, 6.07) is 3.62. The van der Waals surface area contributed by atoms with Crippen LogP contribution in [0.3, 0.4) is 0 Å². The number of thiocarbonyl (C=S) groups is 1. The van der Waals surface area contributed by atoms with Crippen molar-refractivity contribution in [1.82, 2.24) is 15.2 Å². The molecule has 21 heavy (non-hydrogen) atoms. The van der Waals surface area contributed by atoms with E-state index in [9.17, 15) is 0 Å². The van der Waals surface area contributed by atoms with Crippen LogP contribution in [0.4, 0.5) is 0 Å². The Kier molecular flexibility index (Phi) is 6.36. The molecule has 0 atom stereocenters. The Bertz CT molecular complexity index is 512. The van der Waals surface area contributed by atoms with Crippen molar-refractivity contribution in [1.29, 1.82) is 5.41 Å². The Balaban J connectivity index is 2.58. The normalized spacial score (nSPS) is 11.0. The number of guanidine groups is 1. The SMILES string of the molecule is CC(C)(C)NC(=S)N(CCCc1ncccc1Cl)C(=N)N. The second kappa shape index (κ2) is 7.56. The molecule has 5 nitrogen and oxygen atoms in total. The summed E-state index contributed by atoms with van der Waals surface area (Å²) in [4.78, 5) is 5.82. The Morgan fingerprint density at radius 1 is 1.52 bits per heavy atom. The second-order valence-electron chi connectivity index (χ2n) is 5.75. The predicted octanol–water partition coefficient (Wildman–Crippen LogP) is 2.54. The third kappa shape index (κ3) is 6.27. The smallest absolute Gasteiger partial charge is 0.194 e. The number of hydrogen-bond acceptors (Lipinski definition) is 3. The predicted molar refractivity (Wildman–Crippen MR) is 91.7 cm³/mol. The van der Waals surface area contributed by atoms with Crippen molar-refractivity contribution < 1.29 is 0 Å². The van der Waals surface area contributed by atoms with Crippen LogP contribution in [0.25, 0.3) is 0 Å². The van der Waals surface area contributed by atoms with Crippen LogP contribution in [0.5, 0.6) is 0 Å². The molecule has 0 bridgehead atoms. The van der Waals surface area contributed by atoms with Gasteiger partial charge in [0.1, 0.15) is 0 Å². The zero-order valence-electron chi connectivity index (χ0n) is 12.6. The lowest BCUT2D eigenvalue weighted by Gasteiger charge is -2.30. The molecule has 0 spiro atoms. The van der Waals surface area contributed by atoms with Crippen LogP contribution in [0.2, 0.25) is 5.02 Å². The van der Waals surface area contributed by atoms with Gasteiger partial charge in [0.2, 0.25) is 0 Å². The molecule has 116 valence electrons. The monoisotopic (exact) mass is 327 g/mol. The minimum atomic E-state index is -0.172. The van der Waals surface area contributed by atoms with Crippen LogP contribution in [0.15, 0.2) is 18.3 Å². The van der Waals surface area contributed by atoms with Gasteiger partial charge in [-0.25, -0.2) is 0 Å². The molecular weight excluding hydrogens is 306 g/mol. The summed E-state index contributed by atoms with van der Waals surface area (Å²) in [6.07, 6.45) is 3.18. The average Bonchev–Trinajstić information content (AvgIpc) is 2.33. The summed E-state index contributed by atoms with van der Waals surface area (Å²) in [6.45, 7) is 6.56. The molecule has 0 aliphatic rings. The van der Waals surface area contributed by atoms with Gasteiger partial charge in [0.25, 0.3) is 0 Å². The maximum Gasteiger partial charge on any atom is 0.194 e. The van der Waals surface area contributed by atoms with E-state index in [0.717, 1.165) is 12.1 Å². The number of nitrogens with one attached hydrogen (secondary N) is 2. The van der Waals surface area contributed by atoms with Crippen LogP contribution < -0.4 is 11.1 Å². The van der Waals surface area contributed by atoms with Gasteiger partial charge in [0, 0.05) is 18.3 Å². The summed E-state index contributed by atoms with van der Waals surface area (Å²) >= 11 is 11.4. The van der Waals surface area contributed by atoms with Gasteiger partial charge in [-0.1, -0.05) is 11.6 Å². The molecule has 0 aliphatic heterocycles. The minimum absolute atomic E-state index is 0.0659. The Hall–Kier alpha value is -1.40. The number of pyridine rings is 1. The van der Waals surface area contributed by atoms with E-state index in [1.54, 1.807) is 17.2 Å². The molecule has 1 heterocycles. The first-order chi connectivity index (χ1) is 9.70. The molecule has 0 unspecified atom stereocenters. The molecule has 1 aromatic rings. The van der Waals surface area contributed by atoms with Crippen molar-refractivity contribution in [3.05, 3.63) is 29.0 Å². The second-order valence-corrected chi connectivity index (χ2v) is 6.55. The largest absolute Gasteiger partial charge is 0.370 e. The lowest BCUT2D eigenvalue weighted by molar-refractivity contribution is 0.469. The Morgan fingerprint density at radius 2 is 2.19 bits per heavy atom. The summed E-state index contributed by atoms with van der Waals surface area (Å²) in [5.74, 6) is -0.0659. The highest BCUT2D eigenvalue weighted by atomic mass is 35.5. The number of nitrogens with zero attached hydrogens (tertiary/aromatic N) is 2. The number of rotatable bonds is 4. The lowest BCUT2D eigenvalue weighted by atomic mass is 10.1.